The Morgan fingerprint density at radius 1 is 1.69 bits per heavy atom. The number of carbonyl (C=O) groups is 1. The summed E-state index contributed by atoms with van der Waals surface area (Å²) in [7, 11) is 1.18. The molecule has 0 saturated carbocycles. The maximum atomic E-state index is 12.2. The highest BCUT2D eigenvalue weighted by Gasteiger charge is 2.26. The van der Waals surface area contributed by atoms with Crippen LogP contribution in [0.2, 0.25) is 0 Å². The minimum atomic E-state index is -2.84. The molecule has 0 aliphatic rings. The molecule has 1 N–H and O–H groups in total. The van der Waals surface area contributed by atoms with Gasteiger partial charge >= 0.3 is 5.97 Å². The number of hydrogen-bond donors (Lipinski definition) is 1. The highest BCUT2D eigenvalue weighted by Crippen LogP contribution is 2.32. The summed E-state index contributed by atoms with van der Waals surface area (Å²) in [5.41, 5.74) is -0.553. The third-order valence-corrected chi connectivity index (χ3v) is 2.13. The third-order valence-electron chi connectivity index (χ3n) is 1.29. The number of carboxylic acids is 1. The van der Waals surface area contributed by atoms with Gasteiger partial charge in [0.25, 0.3) is 6.43 Å². The van der Waals surface area contributed by atoms with Crippen LogP contribution in [0, 0.1) is 0 Å². The van der Waals surface area contributed by atoms with Crippen molar-refractivity contribution in [2.45, 2.75) is 6.43 Å². The molecule has 4 nitrogen and oxygen atoms in total. The SMILES string of the molecule is COc1nsc(C(F)F)c1C(=O)O. The van der Waals surface area contributed by atoms with Crippen molar-refractivity contribution in [1.82, 2.24) is 4.37 Å². The Labute approximate surface area is 75.9 Å². The van der Waals surface area contributed by atoms with E-state index in [1.165, 1.54) is 7.11 Å². The fourth-order valence-electron chi connectivity index (χ4n) is 0.772. The van der Waals surface area contributed by atoms with Gasteiger partial charge in [-0.1, -0.05) is 0 Å². The van der Waals surface area contributed by atoms with Gasteiger partial charge in [0.15, 0.2) is 0 Å². The first-order valence-corrected chi connectivity index (χ1v) is 3.90. The number of methoxy groups -OCH3 is 1. The van der Waals surface area contributed by atoms with E-state index in [0.717, 1.165) is 0 Å². The highest BCUT2D eigenvalue weighted by molar-refractivity contribution is 7.06. The van der Waals surface area contributed by atoms with Crippen LogP contribution in [0.1, 0.15) is 21.7 Å². The van der Waals surface area contributed by atoms with E-state index in [4.69, 9.17) is 5.11 Å². The van der Waals surface area contributed by atoms with E-state index >= 15 is 0 Å². The van der Waals surface area contributed by atoms with Gasteiger partial charge in [-0.3, -0.25) is 0 Å². The van der Waals surface area contributed by atoms with Crippen LogP contribution in [-0.2, 0) is 0 Å². The highest BCUT2D eigenvalue weighted by atomic mass is 32.1. The quantitative estimate of drug-likeness (QED) is 0.824. The summed E-state index contributed by atoms with van der Waals surface area (Å²) in [6, 6.07) is 0. The van der Waals surface area contributed by atoms with Crippen LogP contribution in [0.25, 0.3) is 0 Å². The molecule has 13 heavy (non-hydrogen) atoms. The van der Waals surface area contributed by atoms with Crippen LogP contribution in [0.5, 0.6) is 5.88 Å². The van der Waals surface area contributed by atoms with E-state index in [1.807, 2.05) is 0 Å². The Hall–Kier alpha value is -1.24. The van der Waals surface area contributed by atoms with Gasteiger partial charge in [-0.05, 0) is 11.5 Å². The second-order valence-electron chi connectivity index (χ2n) is 2.04. The molecule has 72 valence electrons. The van der Waals surface area contributed by atoms with Gasteiger partial charge < -0.3 is 9.84 Å². The van der Waals surface area contributed by atoms with Crippen LogP contribution >= 0.6 is 11.5 Å². The van der Waals surface area contributed by atoms with Crippen LogP contribution in [0.4, 0.5) is 8.78 Å². The molecule has 0 aliphatic carbocycles. The Morgan fingerprint density at radius 2 is 2.31 bits per heavy atom. The van der Waals surface area contributed by atoms with Crippen LogP contribution in [0.3, 0.4) is 0 Å². The molecule has 0 radical (unpaired) electrons. The largest absolute Gasteiger partial charge is 0.480 e. The number of aromatic nitrogens is 1. The van der Waals surface area contributed by atoms with Crippen molar-refractivity contribution < 1.29 is 23.4 Å². The molecule has 0 spiro atoms. The number of rotatable bonds is 3. The van der Waals surface area contributed by atoms with Crippen molar-refractivity contribution in [3.05, 3.63) is 10.4 Å². The zero-order valence-electron chi connectivity index (χ0n) is 6.45. The Bertz CT molecular complexity index is 326. The summed E-state index contributed by atoms with van der Waals surface area (Å²) >= 11 is 0.431. The number of alkyl halides is 2. The molecule has 7 heteroatoms. The molecule has 1 heterocycles. The fraction of sp³-hybridized carbons (Fsp3) is 0.333. The number of nitrogens with zero attached hydrogens (tertiary/aromatic N) is 1. The lowest BCUT2D eigenvalue weighted by Gasteiger charge is -1.97. The number of carboxylic acid groups (broad SMARTS) is 1. The van der Waals surface area contributed by atoms with Crippen molar-refractivity contribution in [2.24, 2.45) is 0 Å². The van der Waals surface area contributed by atoms with E-state index in [0.29, 0.717) is 11.5 Å². The summed E-state index contributed by atoms with van der Waals surface area (Å²) in [6.07, 6.45) is -2.84. The normalized spacial score (nSPS) is 10.5. The molecule has 0 aliphatic heterocycles. The average molecular weight is 209 g/mol. The number of aromatic carboxylic acids is 1. The van der Waals surface area contributed by atoms with Crippen molar-refractivity contribution >= 4 is 17.5 Å². The molecule has 1 aromatic heterocycles. The van der Waals surface area contributed by atoms with E-state index < -0.39 is 22.8 Å². The monoisotopic (exact) mass is 209 g/mol. The Balaban J connectivity index is 3.22. The van der Waals surface area contributed by atoms with Crippen molar-refractivity contribution in [3.8, 4) is 5.88 Å². The average Bonchev–Trinajstić information content (AvgIpc) is 2.46. The van der Waals surface area contributed by atoms with Crippen LogP contribution in [0.15, 0.2) is 0 Å². The second kappa shape index (κ2) is 3.65. The predicted octanol–water partition coefficient (Wildman–Crippen LogP) is 1.79. The molecule has 0 amide bonds. The van der Waals surface area contributed by atoms with Gasteiger partial charge in [-0.15, -0.1) is 0 Å². The van der Waals surface area contributed by atoms with E-state index in [2.05, 4.69) is 9.11 Å². The molecular formula is C6H5F2NO3S. The lowest BCUT2D eigenvalue weighted by molar-refractivity contribution is 0.0682. The zero-order valence-corrected chi connectivity index (χ0v) is 7.27. The molecule has 0 atom stereocenters. The maximum Gasteiger partial charge on any atom is 0.342 e. The molecule has 0 saturated heterocycles. The second-order valence-corrected chi connectivity index (χ2v) is 2.84. The Kier molecular flexibility index (Phi) is 2.76. The topological polar surface area (TPSA) is 59.4 Å². The molecular weight excluding hydrogens is 204 g/mol. The summed E-state index contributed by atoms with van der Waals surface area (Å²) in [6.45, 7) is 0. The van der Waals surface area contributed by atoms with E-state index in [1.54, 1.807) is 0 Å². The molecule has 1 rings (SSSR count). The summed E-state index contributed by atoms with van der Waals surface area (Å²) < 4.78 is 32.3. The molecule has 0 fully saturated rings. The van der Waals surface area contributed by atoms with Crippen LogP contribution in [-0.4, -0.2) is 22.6 Å². The van der Waals surface area contributed by atoms with E-state index in [9.17, 15) is 13.6 Å². The van der Waals surface area contributed by atoms with Gasteiger partial charge in [-0.25, -0.2) is 13.6 Å². The first kappa shape index (κ1) is 9.85. The van der Waals surface area contributed by atoms with Crippen molar-refractivity contribution in [2.75, 3.05) is 7.11 Å². The van der Waals surface area contributed by atoms with Gasteiger partial charge in [0.1, 0.15) is 10.4 Å². The molecule has 0 unspecified atom stereocenters. The minimum absolute atomic E-state index is 0.271. The first-order chi connectivity index (χ1) is 6.07. The van der Waals surface area contributed by atoms with Gasteiger partial charge in [-0.2, -0.15) is 4.37 Å². The number of halogens is 2. The standard InChI is InChI=1S/C6H5F2NO3S/c1-12-5-2(6(10)11)3(4(7)8)13-9-5/h4H,1H3,(H,10,11). The number of hydrogen-bond acceptors (Lipinski definition) is 4. The molecule has 0 aromatic carbocycles. The third kappa shape index (κ3) is 1.74. The predicted molar refractivity (Wildman–Crippen MR) is 40.6 cm³/mol. The Morgan fingerprint density at radius 3 is 2.69 bits per heavy atom. The van der Waals surface area contributed by atoms with Crippen molar-refractivity contribution in [1.29, 1.82) is 0 Å². The fourth-order valence-corrected chi connectivity index (χ4v) is 1.47. The lowest BCUT2D eigenvalue weighted by Crippen LogP contribution is -2.01. The molecule has 1 aromatic rings. The first-order valence-electron chi connectivity index (χ1n) is 3.13. The number of ether oxygens (including phenoxy) is 1. The lowest BCUT2D eigenvalue weighted by atomic mass is 10.3. The molecule has 0 bridgehead atoms. The van der Waals surface area contributed by atoms with E-state index in [-0.39, 0.29) is 5.88 Å². The summed E-state index contributed by atoms with van der Waals surface area (Å²) in [5, 5.41) is 8.57. The van der Waals surface area contributed by atoms with Gasteiger partial charge in [0.2, 0.25) is 5.88 Å². The van der Waals surface area contributed by atoms with Crippen molar-refractivity contribution in [3.63, 3.8) is 0 Å². The zero-order chi connectivity index (χ0) is 10.0. The smallest absolute Gasteiger partial charge is 0.342 e. The van der Waals surface area contributed by atoms with Gasteiger partial charge in [0, 0.05) is 0 Å². The van der Waals surface area contributed by atoms with Crippen LogP contribution < -0.4 is 4.74 Å². The summed E-state index contributed by atoms with van der Waals surface area (Å²) in [4.78, 5) is 9.94. The van der Waals surface area contributed by atoms with Gasteiger partial charge in [0.05, 0.1) is 7.11 Å². The maximum absolute atomic E-state index is 12.2. The minimum Gasteiger partial charge on any atom is -0.480 e. The summed E-state index contributed by atoms with van der Waals surface area (Å²) in [5.74, 6) is -1.73.